The van der Waals surface area contributed by atoms with Gasteiger partial charge < -0.3 is 15.2 Å². The van der Waals surface area contributed by atoms with Crippen LogP contribution >= 0.6 is 0 Å². The first-order valence-electron chi connectivity index (χ1n) is 8.70. The van der Waals surface area contributed by atoms with Crippen molar-refractivity contribution in [2.45, 2.75) is 26.2 Å². The normalized spacial score (nSPS) is 11.6. The molecule has 0 aliphatic rings. The number of benzene rings is 2. The van der Waals surface area contributed by atoms with E-state index in [9.17, 15) is 9.59 Å². The van der Waals surface area contributed by atoms with Gasteiger partial charge in [0, 0.05) is 13.0 Å². The molecule has 0 saturated heterocycles. The summed E-state index contributed by atoms with van der Waals surface area (Å²) >= 11 is 0. The molecule has 0 radical (unpaired) electrons. The van der Waals surface area contributed by atoms with E-state index < -0.39 is 5.97 Å². The van der Waals surface area contributed by atoms with Gasteiger partial charge in [0.25, 0.3) is 0 Å². The molecule has 0 saturated carbocycles. The maximum Gasteiger partial charge on any atom is 0.335 e. The highest BCUT2D eigenvalue weighted by Gasteiger charge is 2.12. The first-order chi connectivity index (χ1) is 12.5. The van der Waals surface area contributed by atoms with E-state index in [0.29, 0.717) is 19.4 Å². The highest BCUT2D eigenvalue weighted by Crippen LogP contribution is 2.22. The fourth-order valence-electron chi connectivity index (χ4n) is 2.87. The van der Waals surface area contributed by atoms with Gasteiger partial charge in [0.1, 0.15) is 5.75 Å². The molecule has 138 valence electrons. The number of amides is 1. The molecule has 2 aromatic rings. The Kier molecular flexibility index (Phi) is 7.21. The van der Waals surface area contributed by atoms with Gasteiger partial charge in [-0.05, 0) is 48.1 Å². The van der Waals surface area contributed by atoms with Gasteiger partial charge in [-0.1, -0.05) is 37.3 Å². The van der Waals surface area contributed by atoms with E-state index in [-0.39, 0.29) is 17.4 Å². The molecule has 2 aromatic carbocycles. The number of hydrogen-bond acceptors (Lipinski definition) is 3. The van der Waals surface area contributed by atoms with Crippen LogP contribution in [0.4, 0.5) is 0 Å². The standard InChI is InChI=1S/C21H25NO4/c1-15(13-18-5-3-4-6-19(18)26-2)14-20(23)22-12-11-16-7-9-17(10-8-16)21(24)25/h3-10,15H,11-14H2,1-2H3,(H,22,23)(H,24,25). The summed E-state index contributed by atoms with van der Waals surface area (Å²) in [5.41, 5.74) is 2.37. The van der Waals surface area contributed by atoms with E-state index in [0.717, 1.165) is 23.3 Å². The molecule has 5 nitrogen and oxygen atoms in total. The summed E-state index contributed by atoms with van der Waals surface area (Å²) in [6.07, 6.45) is 1.91. The number of hydrogen-bond donors (Lipinski definition) is 2. The predicted molar refractivity (Wildman–Crippen MR) is 101 cm³/mol. The van der Waals surface area contributed by atoms with Crippen LogP contribution in [0.25, 0.3) is 0 Å². The van der Waals surface area contributed by atoms with Gasteiger partial charge in [0.05, 0.1) is 12.7 Å². The number of para-hydroxylation sites is 1. The highest BCUT2D eigenvalue weighted by atomic mass is 16.5. The Labute approximate surface area is 154 Å². The number of carboxylic acid groups (broad SMARTS) is 1. The minimum Gasteiger partial charge on any atom is -0.496 e. The molecule has 5 heteroatoms. The number of carbonyl (C=O) groups excluding carboxylic acids is 1. The number of rotatable bonds is 9. The lowest BCUT2D eigenvalue weighted by molar-refractivity contribution is -0.121. The summed E-state index contributed by atoms with van der Waals surface area (Å²) < 4.78 is 5.35. The van der Waals surface area contributed by atoms with E-state index in [1.807, 2.05) is 24.3 Å². The molecule has 0 spiro atoms. The van der Waals surface area contributed by atoms with Crippen LogP contribution in [-0.2, 0) is 17.6 Å². The van der Waals surface area contributed by atoms with Crippen LogP contribution in [0.15, 0.2) is 48.5 Å². The smallest absolute Gasteiger partial charge is 0.335 e. The molecule has 0 aliphatic carbocycles. The molecule has 2 rings (SSSR count). The lowest BCUT2D eigenvalue weighted by Gasteiger charge is -2.14. The van der Waals surface area contributed by atoms with Gasteiger partial charge in [-0.25, -0.2) is 4.79 Å². The van der Waals surface area contributed by atoms with Crippen molar-refractivity contribution >= 4 is 11.9 Å². The van der Waals surface area contributed by atoms with Gasteiger partial charge in [0.15, 0.2) is 0 Å². The Balaban J connectivity index is 1.75. The third-order valence-corrected chi connectivity index (χ3v) is 4.23. The summed E-state index contributed by atoms with van der Waals surface area (Å²) in [5.74, 6) is 0.147. The third kappa shape index (κ3) is 5.92. The predicted octanol–water partition coefficient (Wildman–Crippen LogP) is 3.32. The van der Waals surface area contributed by atoms with Crippen molar-refractivity contribution < 1.29 is 19.4 Å². The topological polar surface area (TPSA) is 75.6 Å². The molecular weight excluding hydrogens is 330 g/mol. The molecule has 0 aliphatic heterocycles. The van der Waals surface area contributed by atoms with Crippen LogP contribution in [0.1, 0.15) is 34.8 Å². The van der Waals surface area contributed by atoms with Crippen LogP contribution in [0.3, 0.4) is 0 Å². The average molecular weight is 355 g/mol. The molecule has 1 amide bonds. The summed E-state index contributed by atoms with van der Waals surface area (Å²) in [6, 6.07) is 14.6. The molecule has 0 bridgehead atoms. The molecule has 26 heavy (non-hydrogen) atoms. The summed E-state index contributed by atoms with van der Waals surface area (Å²) in [5, 5.41) is 11.8. The molecule has 1 atom stereocenters. The second kappa shape index (κ2) is 9.61. The zero-order chi connectivity index (χ0) is 18.9. The van der Waals surface area contributed by atoms with Crippen LogP contribution < -0.4 is 10.1 Å². The number of carbonyl (C=O) groups is 2. The van der Waals surface area contributed by atoms with E-state index in [1.165, 1.54) is 0 Å². The highest BCUT2D eigenvalue weighted by molar-refractivity contribution is 5.87. The largest absolute Gasteiger partial charge is 0.496 e. The van der Waals surface area contributed by atoms with Crippen LogP contribution in [0.5, 0.6) is 5.75 Å². The van der Waals surface area contributed by atoms with Gasteiger partial charge in [-0.2, -0.15) is 0 Å². The van der Waals surface area contributed by atoms with Gasteiger partial charge in [-0.3, -0.25) is 4.79 Å². The Hall–Kier alpha value is -2.82. The maximum absolute atomic E-state index is 12.1. The monoisotopic (exact) mass is 355 g/mol. The Morgan fingerprint density at radius 1 is 1.12 bits per heavy atom. The molecule has 0 aromatic heterocycles. The fraction of sp³-hybridized carbons (Fsp3) is 0.333. The van der Waals surface area contributed by atoms with Crippen molar-refractivity contribution in [3.05, 3.63) is 65.2 Å². The third-order valence-electron chi connectivity index (χ3n) is 4.23. The number of aromatic carboxylic acids is 1. The molecule has 1 unspecified atom stereocenters. The van der Waals surface area contributed by atoms with Crippen molar-refractivity contribution in [2.24, 2.45) is 5.92 Å². The number of methoxy groups -OCH3 is 1. The van der Waals surface area contributed by atoms with Crippen molar-refractivity contribution in [2.75, 3.05) is 13.7 Å². The van der Waals surface area contributed by atoms with Crippen molar-refractivity contribution in [1.82, 2.24) is 5.32 Å². The Morgan fingerprint density at radius 3 is 2.46 bits per heavy atom. The van der Waals surface area contributed by atoms with Crippen LogP contribution in [0, 0.1) is 5.92 Å². The van der Waals surface area contributed by atoms with Gasteiger partial charge >= 0.3 is 5.97 Å². The molecule has 2 N–H and O–H groups in total. The quantitative estimate of drug-likeness (QED) is 0.723. The second-order valence-corrected chi connectivity index (χ2v) is 6.43. The van der Waals surface area contributed by atoms with E-state index in [4.69, 9.17) is 9.84 Å². The summed E-state index contributed by atoms with van der Waals surface area (Å²) in [4.78, 5) is 22.9. The van der Waals surface area contributed by atoms with Crippen molar-refractivity contribution in [3.63, 3.8) is 0 Å². The summed E-state index contributed by atoms with van der Waals surface area (Å²) in [6.45, 7) is 2.59. The SMILES string of the molecule is COc1ccccc1CC(C)CC(=O)NCCc1ccc(C(=O)O)cc1. The Morgan fingerprint density at radius 2 is 1.81 bits per heavy atom. The zero-order valence-corrected chi connectivity index (χ0v) is 15.2. The molecular formula is C21H25NO4. The minimum absolute atomic E-state index is 0.0227. The second-order valence-electron chi connectivity index (χ2n) is 6.43. The lowest BCUT2D eigenvalue weighted by Crippen LogP contribution is -2.27. The molecule has 0 fully saturated rings. The minimum atomic E-state index is -0.936. The van der Waals surface area contributed by atoms with Gasteiger partial charge in [0.2, 0.25) is 5.91 Å². The van der Waals surface area contributed by atoms with Crippen LogP contribution in [-0.4, -0.2) is 30.6 Å². The number of ether oxygens (including phenoxy) is 1. The van der Waals surface area contributed by atoms with Crippen LogP contribution in [0.2, 0.25) is 0 Å². The van der Waals surface area contributed by atoms with E-state index in [2.05, 4.69) is 12.2 Å². The fourth-order valence-corrected chi connectivity index (χ4v) is 2.87. The van der Waals surface area contributed by atoms with Crippen molar-refractivity contribution in [3.8, 4) is 5.75 Å². The Bertz CT molecular complexity index is 740. The van der Waals surface area contributed by atoms with Crippen molar-refractivity contribution in [1.29, 1.82) is 0 Å². The summed E-state index contributed by atoms with van der Waals surface area (Å²) in [7, 11) is 1.65. The first kappa shape index (κ1) is 19.5. The average Bonchev–Trinajstić information content (AvgIpc) is 2.62. The zero-order valence-electron chi connectivity index (χ0n) is 15.2. The number of carboxylic acids is 1. The number of nitrogens with one attached hydrogen (secondary N) is 1. The molecule has 0 heterocycles. The lowest BCUT2D eigenvalue weighted by atomic mass is 9.97. The van der Waals surface area contributed by atoms with Gasteiger partial charge in [-0.15, -0.1) is 0 Å². The van der Waals surface area contributed by atoms with E-state index >= 15 is 0 Å². The maximum atomic E-state index is 12.1. The van der Waals surface area contributed by atoms with E-state index in [1.54, 1.807) is 31.4 Å². The first-order valence-corrected chi connectivity index (χ1v) is 8.70.